The van der Waals surface area contributed by atoms with Crippen LogP contribution in [-0.2, 0) is 0 Å². The Balaban J connectivity index is 0.000000169. The Labute approximate surface area is 324 Å². The van der Waals surface area contributed by atoms with E-state index in [2.05, 4.69) is 129 Å². The Morgan fingerprint density at radius 3 is 1.65 bits per heavy atom. The summed E-state index contributed by atoms with van der Waals surface area (Å²) in [7, 11) is 0. The molecule has 272 valence electrons. The van der Waals surface area contributed by atoms with Crippen LogP contribution < -0.4 is 10.2 Å². The highest BCUT2D eigenvalue weighted by Gasteiger charge is 2.27. The summed E-state index contributed by atoms with van der Waals surface area (Å²) in [4.78, 5) is 18.1. The van der Waals surface area contributed by atoms with Gasteiger partial charge in [0.2, 0.25) is 0 Å². The van der Waals surface area contributed by atoms with Gasteiger partial charge in [0.05, 0.1) is 0 Å². The lowest BCUT2D eigenvalue weighted by Gasteiger charge is -2.20. The first-order valence-electron chi connectivity index (χ1n) is 17.9. The zero-order valence-electron chi connectivity index (χ0n) is 29.2. The van der Waals surface area contributed by atoms with Crippen LogP contribution in [0.4, 0.5) is 5.82 Å². The summed E-state index contributed by atoms with van der Waals surface area (Å²) in [5.74, 6) is 3.53. The lowest BCUT2D eigenvalue weighted by molar-refractivity contribution is 0.485. The molecule has 2 aliphatic heterocycles. The summed E-state index contributed by atoms with van der Waals surface area (Å²) in [6.07, 6.45) is 11.3. The first-order chi connectivity index (χ1) is 24.9. The first-order valence-corrected chi connectivity index (χ1v) is 19.0. The van der Waals surface area contributed by atoms with Gasteiger partial charge in [-0.05, 0) is 95.1 Å². The van der Waals surface area contributed by atoms with Crippen molar-refractivity contribution in [2.24, 2.45) is 11.8 Å². The van der Waals surface area contributed by atoms with Gasteiger partial charge in [0.25, 0.3) is 0 Å². The molecule has 0 radical (unpaired) electrons. The van der Waals surface area contributed by atoms with Crippen LogP contribution in [0.15, 0.2) is 110 Å². The van der Waals surface area contributed by atoms with Crippen molar-refractivity contribution in [2.75, 3.05) is 31.1 Å². The van der Waals surface area contributed by atoms with Crippen molar-refractivity contribution in [3.05, 3.63) is 136 Å². The normalized spacial score (nSPS) is 17.8. The molecule has 0 aliphatic carbocycles. The van der Waals surface area contributed by atoms with Crippen LogP contribution in [-0.4, -0.2) is 46.1 Å². The number of hydrogen-bond donors (Lipinski definition) is 1. The van der Waals surface area contributed by atoms with Gasteiger partial charge in [0, 0.05) is 37.9 Å². The minimum atomic E-state index is 0. The van der Waals surface area contributed by atoms with E-state index in [-0.39, 0.29) is 17.7 Å². The molecule has 4 atom stereocenters. The Kier molecular flexibility index (Phi) is 14.6. The van der Waals surface area contributed by atoms with Gasteiger partial charge in [-0.15, -0.1) is 0 Å². The number of nitrogens with one attached hydrogen (secondary N) is 1. The number of nitrogens with zero attached hydrogens (tertiary/aromatic N) is 5. The number of benzene rings is 4. The van der Waals surface area contributed by atoms with Crippen molar-refractivity contribution in [1.29, 1.82) is 0 Å². The van der Waals surface area contributed by atoms with Gasteiger partial charge in [-0.2, -0.15) is 0 Å². The first kappa shape index (κ1) is 39.4. The van der Waals surface area contributed by atoms with Gasteiger partial charge in [0.15, 0.2) is 21.3 Å². The van der Waals surface area contributed by atoms with Crippen molar-refractivity contribution < 1.29 is 0 Å². The summed E-state index contributed by atoms with van der Waals surface area (Å²) in [6.45, 7) is 9.14. The maximum absolute atomic E-state index is 6.20. The van der Waals surface area contributed by atoms with Crippen LogP contribution in [0.3, 0.4) is 0 Å². The standard InChI is InChI=1S/C21H22ClN3.C17H21N.C4H2Cl2N2.CH4/c1-15(18-8-4-6-17-5-2-3-7-19(17)18)13-16-9-12-25(14-16)21-20(22)23-10-11-24-21;1-13(11-14-9-10-18-12-14)16-8-4-6-15-5-2-3-7-17(15)16;5-3-4(6)8-2-1-7-3;/h2-8,10-11,15-16H,9,12-14H2,1H3;2-8,13-14,18H,9-12H2,1H3;1-2H;1H4/t15-,16-;13-,14-;;/m00../s1. The minimum Gasteiger partial charge on any atom is -0.354 e. The maximum Gasteiger partial charge on any atom is 0.171 e. The number of fused-ring (bicyclic) bond motifs is 2. The quantitative estimate of drug-likeness (QED) is 0.175. The Bertz CT molecular complexity index is 1990. The third kappa shape index (κ3) is 10.2. The second-order valence-electron chi connectivity index (χ2n) is 13.7. The molecule has 2 fully saturated rings. The average Bonchev–Trinajstić information content (AvgIpc) is 3.85. The van der Waals surface area contributed by atoms with E-state index in [9.17, 15) is 0 Å². The lowest BCUT2D eigenvalue weighted by Crippen LogP contribution is -2.21. The molecule has 52 heavy (non-hydrogen) atoms. The van der Waals surface area contributed by atoms with E-state index in [1.165, 1.54) is 83.8 Å². The van der Waals surface area contributed by atoms with Crippen LogP contribution in [0.5, 0.6) is 0 Å². The fraction of sp³-hybridized carbons (Fsp3) is 0.349. The Hall–Kier alpha value is -3.81. The predicted molar refractivity (Wildman–Crippen MR) is 221 cm³/mol. The molecule has 4 heterocycles. The van der Waals surface area contributed by atoms with Crippen LogP contribution in [0.1, 0.15) is 69.9 Å². The van der Waals surface area contributed by atoms with E-state index in [0.717, 1.165) is 24.8 Å². The van der Waals surface area contributed by atoms with E-state index in [4.69, 9.17) is 34.8 Å². The van der Waals surface area contributed by atoms with Crippen molar-refractivity contribution in [3.63, 3.8) is 0 Å². The van der Waals surface area contributed by atoms with Gasteiger partial charge in [-0.25, -0.2) is 19.9 Å². The summed E-state index contributed by atoms with van der Waals surface area (Å²) >= 11 is 17.0. The third-order valence-corrected chi connectivity index (χ3v) is 11.0. The zero-order chi connectivity index (χ0) is 35.6. The summed E-state index contributed by atoms with van der Waals surface area (Å²) in [5.41, 5.74) is 2.97. The van der Waals surface area contributed by atoms with Crippen molar-refractivity contribution in [2.45, 2.75) is 58.8 Å². The van der Waals surface area contributed by atoms with E-state index < -0.39 is 0 Å². The highest BCUT2D eigenvalue weighted by Crippen LogP contribution is 2.35. The van der Waals surface area contributed by atoms with Crippen LogP contribution in [0, 0.1) is 11.8 Å². The van der Waals surface area contributed by atoms with Crippen molar-refractivity contribution >= 4 is 62.2 Å². The SMILES string of the molecule is C.C[C@@H](C[C@@H]1CCN(c2nccnc2Cl)C1)c1cccc2ccccc12.C[C@@H](C[C@@H]1CCNC1)c1cccc2ccccc12.Clc1nccnc1Cl. The van der Waals surface area contributed by atoms with Crippen molar-refractivity contribution in [3.8, 4) is 0 Å². The largest absolute Gasteiger partial charge is 0.354 e. The maximum atomic E-state index is 6.20. The smallest absolute Gasteiger partial charge is 0.171 e. The van der Waals surface area contributed by atoms with E-state index in [1.54, 1.807) is 12.4 Å². The molecule has 0 bridgehead atoms. The molecular formula is C43H49Cl3N6. The third-order valence-electron chi connectivity index (χ3n) is 10.1. The van der Waals surface area contributed by atoms with Gasteiger partial charge in [-0.1, -0.05) is 141 Å². The molecule has 0 saturated carbocycles. The average molecular weight is 756 g/mol. The van der Waals surface area contributed by atoms with E-state index >= 15 is 0 Å². The molecule has 8 rings (SSSR count). The van der Waals surface area contributed by atoms with Gasteiger partial charge in [-0.3, -0.25) is 0 Å². The molecular weight excluding hydrogens is 707 g/mol. The molecule has 0 unspecified atom stereocenters. The van der Waals surface area contributed by atoms with Gasteiger partial charge >= 0.3 is 0 Å². The molecule has 2 saturated heterocycles. The lowest BCUT2D eigenvalue weighted by atomic mass is 9.87. The Morgan fingerprint density at radius 1 is 0.635 bits per heavy atom. The number of aromatic nitrogens is 4. The zero-order valence-corrected chi connectivity index (χ0v) is 31.5. The summed E-state index contributed by atoms with van der Waals surface area (Å²) in [5, 5.41) is 9.96. The van der Waals surface area contributed by atoms with Gasteiger partial charge in [0.1, 0.15) is 0 Å². The highest BCUT2D eigenvalue weighted by atomic mass is 35.5. The highest BCUT2D eigenvalue weighted by molar-refractivity contribution is 6.40. The summed E-state index contributed by atoms with van der Waals surface area (Å²) < 4.78 is 0. The molecule has 6 aromatic rings. The predicted octanol–water partition coefficient (Wildman–Crippen LogP) is 11.7. The van der Waals surface area contributed by atoms with Gasteiger partial charge < -0.3 is 10.2 Å². The topological polar surface area (TPSA) is 66.8 Å². The minimum absolute atomic E-state index is 0. The summed E-state index contributed by atoms with van der Waals surface area (Å²) in [6, 6.07) is 30.8. The second kappa shape index (κ2) is 19.3. The van der Waals surface area contributed by atoms with E-state index in [0.29, 0.717) is 22.9 Å². The van der Waals surface area contributed by atoms with Crippen LogP contribution >= 0.6 is 34.8 Å². The Morgan fingerprint density at radius 2 is 1.13 bits per heavy atom. The molecule has 6 nitrogen and oxygen atoms in total. The van der Waals surface area contributed by atoms with Crippen LogP contribution in [0.2, 0.25) is 15.5 Å². The van der Waals surface area contributed by atoms with E-state index in [1.807, 2.05) is 0 Å². The molecule has 0 amide bonds. The number of hydrogen-bond acceptors (Lipinski definition) is 6. The second-order valence-corrected chi connectivity index (χ2v) is 14.8. The molecule has 0 spiro atoms. The van der Waals surface area contributed by atoms with Crippen LogP contribution in [0.25, 0.3) is 21.5 Å². The molecule has 1 N–H and O–H groups in total. The fourth-order valence-electron chi connectivity index (χ4n) is 7.58. The molecule has 9 heteroatoms. The number of halogens is 3. The molecule has 2 aliphatic rings. The molecule has 4 aromatic carbocycles. The fourth-order valence-corrected chi connectivity index (χ4v) is 8.01. The monoisotopic (exact) mass is 754 g/mol. The van der Waals surface area contributed by atoms with Crippen molar-refractivity contribution in [1.82, 2.24) is 25.3 Å². The number of rotatable bonds is 7. The molecule has 2 aromatic heterocycles. The number of anilines is 1.